The van der Waals surface area contributed by atoms with E-state index in [0.29, 0.717) is 22.9 Å². The SMILES string of the molecule is CC(=O)NCC1CCC(n2ccc3nc(-n4ccnc4)nc(C(N)=O)c32)CC1. The molecule has 9 heteroatoms. The van der Waals surface area contributed by atoms with E-state index in [0.717, 1.165) is 32.2 Å². The van der Waals surface area contributed by atoms with Crippen molar-refractivity contribution in [1.82, 2.24) is 29.4 Å². The van der Waals surface area contributed by atoms with E-state index in [4.69, 9.17) is 5.73 Å². The van der Waals surface area contributed by atoms with Gasteiger partial charge in [-0.3, -0.25) is 14.2 Å². The minimum absolute atomic E-state index is 0.00970. The molecule has 1 saturated carbocycles. The Morgan fingerprint density at radius 3 is 2.64 bits per heavy atom. The van der Waals surface area contributed by atoms with Gasteiger partial charge in [-0.2, -0.15) is 0 Å². The maximum Gasteiger partial charge on any atom is 0.269 e. The summed E-state index contributed by atoms with van der Waals surface area (Å²) in [4.78, 5) is 36.2. The predicted molar refractivity (Wildman–Crippen MR) is 103 cm³/mol. The molecule has 0 aromatic carbocycles. The third-order valence-corrected chi connectivity index (χ3v) is 5.37. The first-order chi connectivity index (χ1) is 13.5. The highest BCUT2D eigenvalue weighted by Gasteiger charge is 2.26. The normalized spacial score (nSPS) is 19.6. The molecule has 0 spiro atoms. The minimum atomic E-state index is -0.576. The second kappa shape index (κ2) is 7.41. The van der Waals surface area contributed by atoms with Gasteiger partial charge >= 0.3 is 0 Å². The number of hydrogen-bond acceptors (Lipinski definition) is 5. The lowest BCUT2D eigenvalue weighted by Gasteiger charge is -2.30. The Kier molecular flexibility index (Phi) is 4.81. The van der Waals surface area contributed by atoms with Crippen LogP contribution in [-0.4, -0.2) is 42.4 Å². The third-order valence-electron chi connectivity index (χ3n) is 5.37. The molecule has 0 bridgehead atoms. The van der Waals surface area contributed by atoms with Crippen LogP contribution in [0, 0.1) is 5.92 Å². The summed E-state index contributed by atoms with van der Waals surface area (Å²) >= 11 is 0. The van der Waals surface area contributed by atoms with Crippen LogP contribution in [0.15, 0.2) is 31.0 Å². The van der Waals surface area contributed by atoms with Gasteiger partial charge in [-0.05, 0) is 37.7 Å². The van der Waals surface area contributed by atoms with Gasteiger partial charge in [0, 0.05) is 38.1 Å². The van der Waals surface area contributed by atoms with Crippen molar-refractivity contribution < 1.29 is 9.59 Å². The first kappa shape index (κ1) is 18.1. The summed E-state index contributed by atoms with van der Waals surface area (Å²) in [5.74, 6) is 0.292. The Hall–Kier alpha value is -3.23. The molecule has 4 rings (SSSR count). The predicted octanol–water partition coefficient (Wildman–Crippen LogP) is 1.58. The van der Waals surface area contributed by atoms with Crippen LogP contribution < -0.4 is 11.1 Å². The largest absolute Gasteiger partial charge is 0.364 e. The number of amides is 2. The number of hydrogen-bond donors (Lipinski definition) is 2. The van der Waals surface area contributed by atoms with E-state index in [9.17, 15) is 9.59 Å². The number of nitrogens with two attached hydrogens (primary N) is 1. The summed E-state index contributed by atoms with van der Waals surface area (Å²) < 4.78 is 3.73. The molecule has 0 saturated heterocycles. The maximum absolute atomic E-state index is 12.1. The van der Waals surface area contributed by atoms with Crippen molar-refractivity contribution >= 4 is 22.8 Å². The standard InChI is InChI=1S/C19H23N7O2/c1-12(27)22-10-13-2-4-14(5-3-13)26-8-6-15-17(26)16(18(20)28)24-19(23-15)25-9-7-21-11-25/h6-9,11,13-14H,2-5,10H2,1H3,(H2,20,28)(H,22,27). The third kappa shape index (κ3) is 3.47. The van der Waals surface area contributed by atoms with Crippen LogP contribution in [0.2, 0.25) is 0 Å². The van der Waals surface area contributed by atoms with Gasteiger partial charge in [0.15, 0.2) is 5.69 Å². The van der Waals surface area contributed by atoms with E-state index < -0.39 is 5.91 Å². The van der Waals surface area contributed by atoms with Crippen molar-refractivity contribution in [2.24, 2.45) is 11.7 Å². The topological polar surface area (TPSA) is 121 Å². The van der Waals surface area contributed by atoms with E-state index >= 15 is 0 Å². The summed E-state index contributed by atoms with van der Waals surface area (Å²) in [6, 6.07) is 2.15. The summed E-state index contributed by atoms with van der Waals surface area (Å²) in [5.41, 5.74) is 7.23. The lowest BCUT2D eigenvalue weighted by atomic mass is 9.86. The first-order valence-corrected chi connectivity index (χ1v) is 9.44. The zero-order chi connectivity index (χ0) is 19.7. The summed E-state index contributed by atoms with van der Waals surface area (Å²) in [6.07, 6.45) is 10.9. The van der Waals surface area contributed by atoms with E-state index in [1.165, 1.54) is 0 Å². The fourth-order valence-electron chi connectivity index (χ4n) is 3.94. The number of carbonyl (C=O) groups excluding carboxylic acids is 2. The lowest BCUT2D eigenvalue weighted by Crippen LogP contribution is -2.30. The number of fused-ring (bicyclic) bond motifs is 1. The molecule has 3 aromatic heterocycles. The van der Waals surface area contributed by atoms with Gasteiger partial charge in [-0.25, -0.2) is 15.0 Å². The summed E-state index contributed by atoms with van der Waals surface area (Å²) in [6.45, 7) is 2.26. The number of nitrogens with zero attached hydrogens (tertiary/aromatic N) is 5. The van der Waals surface area contributed by atoms with Gasteiger partial charge in [0.1, 0.15) is 6.33 Å². The molecular formula is C19H23N7O2. The molecule has 2 amide bonds. The highest BCUT2D eigenvalue weighted by Crippen LogP contribution is 2.35. The Morgan fingerprint density at radius 1 is 1.21 bits per heavy atom. The summed E-state index contributed by atoms with van der Waals surface area (Å²) in [5, 5.41) is 2.90. The van der Waals surface area contributed by atoms with E-state index in [2.05, 4.69) is 24.8 Å². The molecule has 0 unspecified atom stereocenters. The van der Waals surface area contributed by atoms with Crippen molar-refractivity contribution in [2.75, 3.05) is 6.54 Å². The summed E-state index contributed by atoms with van der Waals surface area (Å²) in [7, 11) is 0. The highest BCUT2D eigenvalue weighted by molar-refractivity contribution is 6.02. The van der Waals surface area contributed by atoms with Crippen LogP contribution in [0.25, 0.3) is 17.0 Å². The average Bonchev–Trinajstić information content (AvgIpc) is 3.35. The van der Waals surface area contributed by atoms with Gasteiger partial charge < -0.3 is 15.6 Å². The molecule has 0 radical (unpaired) electrons. The monoisotopic (exact) mass is 381 g/mol. The molecular weight excluding hydrogens is 358 g/mol. The Labute approximate surface area is 162 Å². The van der Waals surface area contributed by atoms with Crippen LogP contribution in [-0.2, 0) is 4.79 Å². The smallest absolute Gasteiger partial charge is 0.269 e. The first-order valence-electron chi connectivity index (χ1n) is 9.44. The fraction of sp³-hybridized carbons (Fsp3) is 0.421. The van der Waals surface area contributed by atoms with Crippen LogP contribution in [0.1, 0.15) is 49.1 Å². The quantitative estimate of drug-likeness (QED) is 0.695. The molecule has 3 heterocycles. The molecule has 28 heavy (non-hydrogen) atoms. The van der Waals surface area contributed by atoms with Crippen molar-refractivity contribution in [3.8, 4) is 5.95 Å². The van der Waals surface area contributed by atoms with Crippen LogP contribution in [0.5, 0.6) is 0 Å². The maximum atomic E-state index is 12.1. The number of aromatic nitrogens is 5. The molecule has 0 atom stereocenters. The van der Waals surface area contributed by atoms with Crippen LogP contribution in [0.4, 0.5) is 0 Å². The molecule has 0 aliphatic heterocycles. The average molecular weight is 381 g/mol. The van der Waals surface area contributed by atoms with E-state index in [1.807, 2.05) is 12.3 Å². The molecule has 9 nitrogen and oxygen atoms in total. The van der Waals surface area contributed by atoms with Gasteiger partial charge in [0.05, 0.1) is 11.0 Å². The zero-order valence-corrected chi connectivity index (χ0v) is 15.7. The Morgan fingerprint density at radius 2 is 2.00 bits per heavy atom. The van der Waals surface area contributed by atoms with Gasteiger partial charge in [0.25, 0.3) is 5.91 Å². The van der Waals surface area contributed by atoms with Crippen molar-refractivity contribution in [1.29, 1.82) is 0 Å². The fourth-order valence-corrected chi connectivity index (χ4v) is 3.94. The molecule has 1 aliphatic rings. The molecule has 1 fully saturated rings. The molecule has 3 aromatic rings. The van der Waals surface area contributed by atoms with Crippen molar-refractivity contribution in [2.45, 2.75) is 38.6 Å². The Balaban J connectivity index is 1.62. The van der Waals surface area contributed by atoms with Crippen molar-refractivity contribution in [3.05, 3.63) is 36.7 Å². The van der Waals surface area contributed by atoms with Gasteiger partial charge in [-0.15, -0.1) is 0 Å². The second-order valence-corrected chi connectivity index (χ2v) is 7.27. The minimum Gasteiger partial charge on any atom is -0.364 e. The number of nitrogens with one attached hydrogen (secondary N) is 1. The highest BCUT2D eigenvalue weighted by atomic mass is 16.1. The molecule has 1 aliphatic carbocycles. The van der Waals surface area contributed by atoms with E-state index in [1.54, 1.807) is 30.2 Å². The number of rotatable bonds is 5. The van der Waals surface area contributed by atoms with Gasteiger partial charge in [0.2, 0.25) is 11.9 Å². The lowest BCUT2D eigenvalue weighted by molar-refractivity contribution is -0.119. The second-order valence-electron chi connectivity index (χ2n) is 7.27. The van der Waals surface area contributed by atoms with E-state index in [-0.39, 0.29) is 17.6 Å². The number of imidazole rings is 1. The number of primary amides is 1. The van der Waals surface area contributed by atoms with Gasteiger partial charge in [-0.1, -0.05) is 0 Å². The molecule has 3 N–H and O–H groups in total. The Bertz CT molecular complexity index is 1000. The van der Waals surface area contributed by atoms with Crippen LogP contribution >= 0.6 is 0 Å². The molecule has 146 valence electrons. The van der Waals surface area contributed by atoms with Crippen LogP contribution in [0.3, 0.4) is 0 Å². The van der Waals surface area contributed by atoms with Crippen molar-refractivity contribution in [3.63, 3.8) is 0 Å². The zero-order valence-electron chi connectivity index (χ0n) is 15.7. The number of carbonyl (C=O) groups is 2.